The van der Waals surface area contributed by atoms with Crippen molar-refractivity contribution in [1.82, 2.24) is 10.6 Å². The first kappa shape index (κ1) is 14.1. The summed E-state index contributed by atoms with van der Waals surface area (Å²) in [5, 5.41) is 6.36. The summed E-state index contributed by atoms with van der Waals surface area (Å²) in [4.78, 5) is 11.8. The van der Waals surface area contributed by atoms with Crippen LogP contribution in [0.2, 0.25) is 0 Å². The molecule has 0 saturated heterocycles. The molecule has 0 spiro atoms. The molecule has 0 unspecified atom stereocenters. The lowest BCUT2D eigenvalue weighted by Crippen LogP contribution is -2.56. The number of carbonyl (C=O) groups excluding carboxylic acids is 1. The third kappa shape index (κ3) is 2.67. The molecule has 18 heavy (non-hydrogen) atoms. The van der Waals surface area contributed by atoms with Crippen molar-refractivity contribution in [2.45, 2.75) is 44.6 Å². The van der Waals surface area contributed by atoms with Crippen molar-refractivity contribution in [3.8, 4) is 0 Å². The molecule has 0 radical (unpaired) electrons. The minimum Gasteiger partial charge on any atom is -0.353 e. The highest BCUT2D eigenvalue weighted by Crippen LogP contribution is 2.53. The Hall–Kier alpha value is -0.280. The molecule has 3 nitrogen and oxygen atoms in total. The molecule has 0 aliphatic heterocycles. The summed E-state index contributed by atoms with van der Waals surface area (Å²) >= 11 is 0. The number of nitrogens with one attached hydrogen (secondary N) is 2. The van der Waals surface area contributed by atoms with Crippen molar-refractivity contribution < 1.29 is 4.79 Å². The van der Waals surface area contributed by atoms with Crippen LogP contribution in [0.5, 0.6) is 0 Å². The quantitative estimate of drug-likeness (QED) is 0.821. The zero-order valence-electron chi connectivity index (χ0n) is 11.2. The predicted molar refractivity (Wildman–Crippen MR) is 74.8 cm³/mol. The fourth-order valence-electron chi connectivity index (χ4n) is 4.66. The Morgan fingerprint density at radius 3 is 2.11 bits per heavy atom. The van der Waals surface area contributed by atoms with Gasteiger partial charge in [-0.3, -0.25) is 4.79 Å². The van der Waals surface area contributed by atoms with Crippen molar-refractivity contribution >= 4 is 18.3 Å². The van der Waals surface area contributed by atoms with Crippen LogP contribution < -0.4 is 10.6 Å². The second kappa shape index (κ2) is 5.79. The van der Waals surface area contributed by atoms with Gasteiger partial charge in [0.05, 0.1) is 0 Å². The van der Waals surface area contributed by atoms with Crippen LogP contribution in [-0.4, -0.2) is 25.5 Å². The standard InChI is InChI=1S/C14H24N2O.ClH/c1-15-3-2-13(17)16-14-11-5-9-4-10(7-11)8-12(14)6-9;/h9-12,14-15H,2-8H2,1H3,(H,16,17);1H. The number of hydrogen-bond acceptors (Lipinski definition) is 2. The van der Waals surface area contributed by atoms with Gasteiger partial charge in [-0.15, -0.1) is 12.4 Å². The van der Waals surface area contributed by atoms with Crippen LogP contribution in [0.3, 0.4) is 0 Å². The molecule has 4 bridgehead atoms. The summed E-state index contributed by atoms with van der Waals surface area (Å²) in [5.74, 6) is 3.82. The summed E-state index contributed by atoms with van der Waals surface area (Å²) in [6.07, 6.45) is 7.62. The number of halogens is 1. The van der Waals surface area contributed by atoms with Crippen molar-refractivity contribution in [2.24, 2.45) is 23.7 Å². The van der Waals surface area contributed by atoms with Gasteiger partial charge >= 0.3 is 0 Å². The Morgan fingerprint density at radius 2 is 1.61 bits per heavy atom. The number of rotatable bonds is 4. The minimum absolute atomic E-state index is 0. The minimum atomic E-state index is 0. The van der Waals surface area contributed by atoms with Crippen LogP contribution >= 0.6 is 12.4 Å². The summed E-state index contributed by atoms with van der Waals surface area (Å²) in [5.41, 5.74) is 0. The van der Waals surface area contributed by atoms with Gasteiger partial charge in [0.1, 0.15) is 0 Å². The third-order valence-corrected chi connectivity index (χ3v) is 5.16. The maximum absolute atomic E-state index is 11.8. The van der Waals surface area contributed by atoms with Gasteiger partial charge < -0.3 is 10.6 Å². The highest BCUT2D eigenvalue weighted by molar-refractivity contribution is 5.85. The Bertz CT molecular complexity index is 280. The summed E-state index contributed by atoms with van der Waals surface area (Å²) in [6, 6.07) is 0.507. The maximum atomic E-state index is 11.8. The van der Waals surface area contributed by atoms with E-state index in [0.29, 0.717) is 12.5 Å². The molecule has 104 valence electrons. The van der Waals surface area contributed by atoms with Crippen LogP contribution in [0.25, 0.3) is 0 Å². The van der Waals surface area contributed by atoms with Gasteiger partial charge in [-0.05, 0) is 62.8 Å². The molecule has 0 atom stereocenters. The Labute approximate surface area is 116 Å². The van der Waals surface area contributed by atoms with Crippen LogP contribution in [0.1, 0.15) is 38.5 Å². The van der Waals surface area contributed by atoms with Crippen molar-refractivity contribution in [1.29, 1.82) is 0 Å². The number of hydrogen-bond donors (Lipinski definition) is 2. The molecule has 0 aromatic heterocycles. The largest absolute Gasteiger partial charge is 0.353 e. The van der Waals surface area contributed by atoms with E-state index in [9.17, 15) is 4.79 Å². The molecule has 0 aromatic carbocycles. The van der Waals surface area contributed by atoms with Crippen molar-refractivity contribution in [3.63, 3.8) is 0 Å². The highest BCUT2D eigenvalue weighted by atomic mass is 35.5. The van der Waals surface area contributed by atoms with Gasteiger partial charge in [-0.25, -0.2) is 0 Å². The highest BCUT2D eigenvalue weighted by Gasteiger charge is 2.48. The van der Waals surface area contributed by atoms with E-state index in [1.807, 2.05) is 7.05 Å². The monoisotopic (exact) mass is 272 g/mol. The van der Waals surface area contributed by atoms with Crippen LogP contribution in [0.15, 0.2) is 0 Å². The molecule has 4 rings (SSSR count). The van der Waals surface area contributed by atoms with E-state index >= 15 is 0 Å². The van der Waals surface area contributed by atoms with Crippen molar-refractivity contribution in [3.05, 3.63) is 0 Å². The van der Waals surface area contributed by atoms with E-state index < -0.39 is 0 Å². The van der Waals surface area contributed by atoms with Gasteiger partial charge in [0.25, 0.3) is 0 Å². The van der Waals surface area contributed by atoms with Gasteiger partial charge in [0.15, 0.2) is 0 Å². The fraction of sp³-hybridized carbons (Fsp3) is 0.929. The molecular weight excluding hydrogens is 248 g/mol. The fourth-order valence-corrected chi connectivity index (χ4v) is 4.66. The van der Waals surface area contributed by atoms with Gasteiger partial charge in [-0.1, -0.05) is 0 Å². The summed E-state index contributed by atoms with van der Waals surface area (Å²) in [6.45, 7) is 0.791. The molecule has 4 aliphatic carbocycles. The average Bonchev–Trinajstić information content (AvgIpc) is 2.30. The molecule has 1 amide bonds. The lowest BCUT2D eigenvalue weighted by atomic mass is 9.54. The summed E-state index contributed by atoms with van der Waals surface area (Å²) in [7, 11) is 1.90. The van der Waals surface area contributed by atoms with E-state index in [1.165, 1.54) is 32.1 Å². The lowest BCUT2D eigenvalue weighted by Gasteiger charge is -2.54. The lowest BCUT2D eigenvalue weighted by molar-refractivity contribution is -0.124. The molecule has 4 fully saturated rings. The number of carbonyl (C=O) groups is 1. The van der Waals surface area contributed by atoms with Crippen molar-refractivity contribution in [2.75, 3.05) is 13.6 Å². The van der Waals surface area contributed by atoms with Gasteiger partial charge in [0, 0.05) is 19.0 Å². The van der Waals surface area contributed by atoms with E-state index in [-0.39, 0.29) is 18.3 Å². The molecule has 2 N–H and O–H groups in total. The normalized spacial score (nSPS) is 40.4. The van der Waals surface area contributed by atoms with E-state index in [2.05, 4.69) is 10.6 Å². The molecule has 4 saturated carbocycles. The Morgan fingerprint density at radius 1 is 1.06 bits per heavy atom. The van der Waals surface area contributed by atoms with Crippen LogP contribution in [0, 0.1) is 23.7 Å². The smallest absolute Gasteiger partial charge is 0.221 e. The summed E-state index contributed by atoms with van der Waals surface area (Å²) < 4.78 is 0. The first-order valence-electron chi connectivity index (χ1n) is 7.20. The maximum Gasteiger partial charge on any atom is 0.221 e. The molecule has 4 heteroatoms. The average molecular weight is 273 g/mol. The number of amides is 1. The SMILES string of the molecule is CNCCC(=O)NC1C2CC3CC(C2)CC1C3.Cl. The van der Waals surface area contributed by atoms with E-state index in [1.54, 1.807) is 0 Å². The molecular formula is C14H25ClN2O. The topological polar surface area (TPSA) is 41.1 Å². The van der Waals surface area contributed by atoms with Gasteiger partial charge in [0.2, 0.25) is 5.91 Å². The molecule has 0 heterocycles. The predicted octanol–water partition coefficient (Wildman–Crippen LogP) is 1.96. The second-order valence-corrected chi connectivity index (χ2v) is 6.38. The third-order valence-electron chi connectivity index (χ3n) is 5.16. The Kier molecular flexibility index (Phi) is 4.54. The first-order valence-corrected chi connectivity index (χ1v) is 7.20. The van der Waals surface area contributed by atoms with E-state index in [0.717, 1.165) is 30.2 Å². The first-order chi connectivity index (χ1) is 8.26. The zero-order valence-corrected chi connectivity index (χ0v) is 12.0. The second-order valence-electron chi connectivity index (χ2n) is 6.38. The van der Waals surface area contributed by atoms with Crippen LogP contribution in [-0.2, 0) is 4.79 Å². The molecule has 4 aliphatic rings. The molecule has 0 aromatic rings. The zero-order chi connectivity index (χ0) is 11.8. The van der Waals surface area contributed by atoms with E-state index in [4.69, 9.17) is 0 Å². The van der Waals surface area contributed by atoms with Gasteiger partial charge in [-0.2, -0.15) is 0 Å². The Balaban J connectivity index is 0.00000120. The van der Waals surface area contributed by atoms with Crippen LogP contribution in [0.4, 0.5) is 0 Å².